The summed E-state index contributed by atoms with van der Waals surface area (Å²) in [6.07, 6.45) is 0.971. The van der Waals surface area contributed by atoms with Crippen LogP contribution in [0.2, 0.25) is 0 Å². The van der Waals surface area contributed by atoms with Crippen molar-refractivity contribution in [2.45, 2.75) is 19.4 Å². The number of carbonyl (C=O) groups excluding carboxylic acids is 1. The van der Waals surface area contributed by atoms with Crippen molar-refractivity contribution in [3.8, 4) is 0 Å². The summed E-state index contributed by atoms with van der Waals surface area (Å²) in [5.41, 5.74) is 2.04. The van der Waals surface area contributed by atoms with Crippen molar-refractivity contribution in [1.82, 2.24) is 4.90 Å². The van der Waals surface area contributed by atoms with Crippen LogP contribution in [0.1, 0.15) is 22.8 Å². The van der Waals surface area contributed by atoms with Crippen molar-refractivity contribution in [3.05, 3.63) is 35.4 Å². The van der Waals surface area contributed by atoms with Gasteiger partial charge in [-0.1, -0.05) is 18.2 Å². The van der Waals surface area contributed by atoms with Gasteiger partial charge in [0.15, 0.2) is 0 Å². The quantitative estimate of drug-likeness (QED) is 0.587. The van der Waals surface area contributed by atoms with Crippen molar-refractivity contribution < 1.29 is 4.79 Å². The summed E-state index contributed by atoms with van der Waals surface area (Å²) in [5.74, 6) is 0.148. The molecule has 1 aromatic rings. The second-order valence-corrected chi connectivity index (χ2v) is 3.63. The Morgan fingerprint density at radius 3 is 2.85 bits per heavy atom. The monoisotopic (exact) mass is 175 g/mol. The maximum absolute atomic E-state index is 11.8. The van der Waals surface area contributed by atoms with Gasteiger partial charge in [-0.15, -0.1) is 0 Å². The van der Waals surface area contributed by atoms with Gasteiger partial charge >= 0.3 is 0 Å². The van der Waals surface area contributed by atoms with Crippen LogP contribution in [0.25, 0.3) is 0 Å². The normalized spacial score (nSPS) is 21.5. The van der Waals surface area contributed by atoms with Crippen LogP contribution in [0.5, 0.6) is 0 Å². The number of hydrogen-bond acceptors (Lipinski definition) is 1. The minimum absolute atomic E-state index is 0.148. The molecule has 2 nitrogen and oxygen atoms in total. The van der Waals surface area contributed by atoms with Crippen molar-refractivity contribution in [3.63, 3.8) is 0 Å². The lowest BCUT2D eigenvalue weighted by Gasteiger charge is -2.31. The molecule has 0 spiro atoms. The predicted molar refractivity (Wildman–Crippen MR) is 51.7 cm³/mol. The number of nitrogens with zero attached hydrogens (tertiary/aromatic N) is 1. The Labute approximate surface area is 78.2 Å². The molecule has 0 fully saturated rings. The molecule has 0 unspecified atom stereocenters. The van der Waals surface area contributed by atoms with Gasteiger partial charge in [0, 0.05) is 18.7 Å². The number of likely N-dealkylation sites (N-methyl/N-ethyl adjacent to an activating group) is 1. The van der Waals surface area contributed by atoms with Gasteiger partial charge in [-0.3, -0.25) is 4.79 Å². The standard InChI is InChI=1S/C11H13NO/c1-8-7-9-5-3-4-6-10(9)11(13)12(8)2/h3-6,8H,7H2,1-2H3/t8-/m1/s1. The van der Waals surface area contributed by atoms with Crippen LogP contribution in [0.4, 0.5) is 0 Å². The van der Waals surface area contributed by atoms with Crippen LogP contribution >= 0.6 is 0 Å². The fraction of sp³-hybridized carbons (Fsp3) is 0.364. The number of carbonyl (C=O) groups is 1. The Balaban J connectivity index is 2.49. The Morgan fingerprint density at radius 1 is 1.38 bits per heavy atom. The van der Waals surface area contributed by atoms with Crippen LogP contribution < -0.4 is 0 Å². The van der Waals surface area contributed by atoms with Gasteiger partial charge in [-0.05, 0) is 25.0 Å². The predicted octanol–water partition coefficient (Wildman–Crippen LogP) is 1.70. The lowest BCUT2D eigenvalue weighted by atomic mass is 9.95. The van der Waals surface area contributed by atoms with E-state index in [1.54, 1.807) is 0 Å². The Hall–Kier alpha value is -1.31. The summed E-state index contributed by atoms with van der Waals surface area (Å²) >= 11 is 0. The average Bonchev–Trinajstić information content (AvgIpc) is 2.15. The van der Waals surface area contributed by atoms with E-state index in [4.69, 9.17) is 0 Å². The first-order valence-corrected chi connectivity index (χ1v) is 4.55. The minimum atomic E-state index is 0.148. The minimum Gasteiger partial charge on any atom is -0.339 e. The van der Waals surface area contributed by atoms with Gasteiger partial charge < -0.3 is 4.90 Å². The molecule has 13 heavy (non-hydrogen) atoms. The zero-order valence-electron chi connectivity index (χ0n) is 7.95. The number of benzene rings is 1. The highest BCUT2D eigenvalue weighted by Gasteiger charge is 2.25. The molecule has 0 N–H and O–H groups in total. The topological polar surface area (TPSA) is 20.3 Å². The fourth-order valence-electron chi connectivity index (χ4n) is 1.75. The summed E-state index contributed by atoms with van der Waals surface area (Å²) in [6, 6.07) is 8.17. The second-order valence-electron chi connectivity index (χ2n) is 3.63. The molecule has 0 aliphatic carbocycles. The molecule has 0 radical (unpaired) electrons. The third-order valence-corrected chi connectivity index (χ3v) is 2.74. The van der Waals surface area contributed by atoms with E-state index in [0.717, 1.165) is 12.0 Å². The molecule has 2 heteroatoms. The maximum Gasteiger partial charge on any atom is 0.254 e. The number of amides is 1. The van der Waals surface area contributed by atoms with Crippen LogP contribution in [-0.2, 0) is 6.42 Å². The first-order chi connectivity index (χ1) is 6.20. The van der Waals surface area contributed by atoms with E-state index in [-0.39, 0.29) is 5.91 Å². The molecule has 68 valence electrons. The molecule has 1 aromatic carbocycles. The van der Waals surface area contributed by atoms with Gasteiger partial charge in [0.25, 0.3) is 5.91 Å². The van der Waals surface area contributed by atoms with E-state index in [0.29, 0.717) is 6.04 Å². The highest BCUT2D eigenvalue weighted by molar-refractivity contribution is 5.96. The van der Waals surface area contributed by atoms with Crippen LogP contribution in [0.15, 0.2) is 24.3 Å². The summed E-state index contributed by atoms with van der Waals surface area (Å²) < 4.78 is 0. The number of hydrogen-bond donors (Lipinski definition) is 0. The largest absolute Gasteiger partial charge is 0.339 e. The first kappa shape index (κ1) is 8.30. The molecule has 0 aromatic heterocycles. The first-order valence-electron chi connectivity index (χ1n) is 4.55. The smallest absolute Gasteiger partial charge is 0.254 e. The Kier molecular flexibility index (Phi) is 1.83. The third-order valence-electron chi connectivity index (χ3n) is 2.74. The molecule has 1 amide bonds. The van der Waals surface area contributed by atoms with Crippen LogP contribution in [0, 0.1) is 0 Å². The van der Waals surface area contributed by atoms with Crippen molar-refractivity contribution in [1.29, 1.82) is 0 Å². The molecule has 0 saturated carbocycles. The Morgan fingerprint density at radius 2 is 2.08 bits per heavy atom. The van der Waals surface area contributed by atoms with Gasteiger partial charge in [-0.2, -0.15) is 0 Å². The number of fused-ring (bicyclic) bond motifs is 1. The summed E-state index contributed by atoms with van der Waals surface area (Å²) in [6.45, 7) is 2.08. The van der Waals surface area contributed by atoms with E-state index in [1.807, 2.05) is 36.2 Å². The van der Waals surface area contributed by atoms with Crippen molar-refractivity contribution in [2.75, 3.05) is 7.05 Å². The summed E-state index contributed by atoms with van der Waals surface area (Å²) in [7, 11) is 1.86. The third kappa shape index (κ3) is 1.22. The fourth-order valence-corrected chi connectivity index (χ4v) is 1.75. The van der Waals surface area contributed by atoms with Gasteiger partial charge in [0.1, 0.15) is 0 Å². The van der Waals surface area contributed by atoms with Gasteiger partial charge in [-0.25, -0.2) is 0 Å². The second kappa shape index (κ2) is 2.87. The Bertz CT molecular complexity index is 346. The van der Waals surface area contributed by atoms with Crippen LogP contribution in [-0.4, -0.2) is 23.9 Å². The average molecular weight is 175 g/mol. The highest BCUT2D eigenvalue weighted by atomic mass is 16.2. The molecular formula is C11H13NO. The molecule has 1 aliphatic rings. The molecule has 0 bridgehead atoms. The van der Waals surface area contributed by atoms with E-state index in [1.165, 1.54) is 5.56 Å². The number of rotatable bonds is 0. The van der Waals surface area contributed by atoms with E-state index >= 15 is 0 Å². The zero-order valence-corrected chi connectivity index (χ0v) is 7.95. The SMILES string of the molecule is C[C@@H]1Cc2ccccc2C(=O)N1C. The molecular weight excluding hydrogens is 162 g/mol. The van der Waals surface area contributed by atoms with E-state index < -0.39 is 0 Å². The molecule has 1 heterocycles. The lowest BCUT2D eigenvalue weighted by Crippen LogP contribution is -2.40. The molecule has 1 atom stereocenters. The maximum atomic E-state index is 11.8. The molecule has 0 saturated heterocycles. The molecule has 1 aliphatic heterocycles. The van der Waals surface area contributed by atoms with Crippen molar-refractivity contribution >= 4 is 5.91 Å². The van der Waals surface area contributed by atoms with Gasteiger partial charge in [0.05, 0.1) is 0 Å². The molecule has 2 rings (SSSR count). The lowest BCUT2D eigenvalue weighted by molar-refractivity contribution is 0.0721. The van der Waals surface area contributed by atoms with E-state index in [2.05, 4.69) is 6.92 Å². The van der Waals surface area contributed by atoms with Crippen molar-refractivity contribution in [2.24, 2.45) is 0 Å². The zero-order chi connectivity index (χ0) is 9.42. The van der Waals surface area contributed by atoms with Crippen LogP contribution in [0.3, 0.4) is 0 Å². The van der Waals surface area contributed by atoms with Gasteiger partial charge in [0.2, 0.25) is 0 Å². The summed E-state index contributed by atoms with van der Waals surface area (Å²) in [5, 5.41) is 0. The summed E-state index contributed by atoms with van der Waals surface area (Å²) in [4.78, 5) is 13.6. The van der Waals surface area contributed by atoms with E-state index in [9.17, 15) is 4.79 Å². The highest BCUT2D eigenvalue weighted by Crippen LogP contribution is 2.21.